The summed E-state index contributed by atoms with van der Waals surface area (Å²) in [6.45, 7) is 4.45. The molecule has 2 nitrogen and oxygen atoms in total. The fourth-order valence-corrected chi connectivity index (χ4v) is 4.10. The number of fused-ring (bicyclic) bond motifs is 1. The first kappa shape index (κ1) is 13.9. The van der Waals surface area contributed by atoms with Gasteiger partial charge in [-0.3, -0.25) is 0 Å². The lowest BCUT2D eigenvalue weighted by Crippen LogP contribution is -2.18. The Morgan fingerprint density at radius 1 is 1.25 bits per heavy atom. The van der Waals surface area contributed by atoms with Gasteiger partial charge in [0.2, 0.25) is 0 Å². The normalized spacial score (nSPS) is 23.3. The molecule has 1 aliphatic rings. The summed E-state index contributed by atoms with van der Waals surface area (Å²) in [5, 5.41) is 0. The monoisotopic (exact) mass is 288 g/mol. The number of para-hydroxylation sites is 1. The molecule has 0 atom stereocenters. The van der Waals surface area contributed by atoms with E-state index in [1.165, 1.54) is 55.1 Å². The summed E-state index contributed by atoms with van der Waals surface area (Å²) < 4.78 is 3.27. The van der Waals surface area contributed by atoms with Crippen LogP contribution in [0.3, 0.4) is 0 Å². The number of rotatable bonds is 3. The van der Waals surface area contributed by atoms with Gasteiger partial charge in [-0.1, -0.05) is 31.9 Å². The molecule has 0 aliphatic heterocycles. The zero-order chi connectivity index (χ0) is 14.1. The average Bonchev–Trinajstić information content (AvgIpc) is 2.78. The van der Waals surface area contributed by atoms with Crippen LogP contribution in [-0.4, -0.2) is 9.55 Å². The van der Waals surface area contributed by atoms with Crippen LogP contribution in [-0.2, 0) is 0 Å². The minimum Gasteiger partial charge on any atom is -0.330 e. The number of aromatic nitrogens is 2. The van der Waals surface area contributed by atoms with Gasteiger partial charge in [0.05, 0.1) is 11.0 Å². The van der Waals surface area contributed by atoms with Gasteiger partial charge in [-0.2, -0.15) is 0 Å². The largest absolute Gasteiger partial charge is 0.330 e. The molecule has 3 heteroatoms. The van der Waals surface area contributed by atoms with Crippen LogP contribution in [0.2, 0.25) is 0 Å². The highest BCUT2D eigenvalue weighted by molar-refractivity contribution is 7.71. The fourth-order valence-electron chi connectivity index (χ4n) is 3.75. The number of benzene rings is 1. The summed E-state index contributed by atoms with van der Waals surface area (Å²) in [5.41, 5.74) is 3.79. The number of nitrogens with one attached hydrogen (secondary N) is 1. The van der Waals surface area contributed by atoms with Crippen molar-refractivity contribution in [2.45, 2.75) is 58.4 Å². The first-order valence-electron chi connectivity index (χ1n) is 7.90. The van der Waals surface area contributed by atoms with Crippen molar-refractivity contribution in [3.05, 3.63) is 28.5 Å². The Morgan fingerprint density at radius 2 is 2.00 bits per heavy atom. The second kappa shape index (κ2) is 5.72. The molecule has 0 saturated heterocycles. The maximum Gasteiger partial charge on any atom is 0.178 e. The van der Waals surface area contributed by atoms with Gasteiger partial charge in [-0.05, 0) is 62.4 Å². The van der Waals surface area contributed by atoms with Crippen molar-refractivity contribution in [2.24, 2.45) is 5.92 Å². The highest BCUT2D eigenvalue weighted by Crippen LogP contribution is 2.36. The second-order valence-electron chi connectivity index (χ2n) is 6.23. The molecule has 0 radical (unpaired) electrons. The van der Waals surface area contributed by atoms with E-state index in [1.807, 2.05) is 0 Å². The Morgan fingerprint density at radius 3 is 2.70 bits per heavy atom. The second-order valence-corrected chi connectivity index (χ2v) is 6.62. The van der Waals surface area contributed by atoms with E-state index in [9.17, 15) is 0 Å². The lowest BCUT2D eigenvalue weighted by atomic mass is 9.83. The van der Waals surface area contributed by atoms with Crippen LogP contribution in [0.4, 0.5) is 0 Å². The molecule has 1 fully saturated rings. The smallest absolute Gasteiger partial charge is 0.178 e. The van der Waals surface area contributed by atoms with Crippen LogP contribution in [0.15, 0.2) is 18.2 Å². The van der Waals surface area contributed by atoms with Crippen molar-refractivity contribution in [3.8, 4) is 0 Å². The van der Waals surface area contributed by atoms with E-state index in [-0.39, 0.29) is 0 Å². The summed E-state index contributed by atoms with van der Waals surface area (Å²) in [6.07, 6.45) is 7.99. The van der Waals surface area contributed by atoms with Crippen molar-refractivity contribution in [1.29, 1.82) is 0 Å². The topological polar surface area (TPSA) is 20.7 Å². The van der Waals surface area contributed by atoms with Crippen LogP contribution in [0.1, 0.15) is 57.1 Å². The number of hydrogen-bond acceptors (Lipinski definition) is 1. The van der Waals surface area contributed by atoms with E-state index < -0.39 is 0 Å². The quantitative estimate of drug-likeness (QED) is 0.735. The number of aryl methyl sites for hydroxylation is 1. The maximum absolute atomic E-state index is 5.58. The predicted molar refractivity (Wildman–Crippen MR) is 87.8 cm³/mol. The number of hydrogen-bond donors (Lipinski definition) is 1. The summed E-state index contributed by atoms with van der Waals surface area (Å²) >= 11 is 5.58. The Bertz CT molecular complexity index is 645. The summed E-state index contributed by atoms with van der Waals surface area (Å²) in [4.78, 5) is 3.41. The third kappa shape index (κ3) is 2.44. The van der Waals surface area contributed by atoms with Gasteiger partial charge in [0.25, 0.3) is 0 Å². The highest BCUT2D eigenvalue weighted by atomic mass is 32.1. The standard InChI is InChI=1S/C17H24N2S/c1-3-5-13-8-10-14(11-9-13)19-15-7-4-6-12(2)16(15)18-17(19)20/h4,6-7,13-14H,3,5,8-11H2,1-2H3,(H,18,20). The van der Waals surface area contributed by atoms with Gasteiger partial charge in [0, 0.05) is 6.04 Å². The molecule has 1 aromatic heterocycles. The molecule has 1 aromatic carbocycles. The summed E-state index contributed by atoms with van der Waals surface area (Å²) in [7, 11) is 0. The third-order valence-electron chi connectivity index (χ3n) is 4.84. The van der Waals surface area contributed by atoms with Crippen molar-refractivity contribution >= 4 is 23.3 Å². The van der Waals surface area contributed by atoms with E-state index in [0.29, 0.717) is 6.04 Å². The minimum atomic E-state index is 0.589. The molecule has 108 valence electrons. The van der Waals surface area contributed by atoms with Gasteiger partial charge >= 0.3 is 0 Å². The summed E-state index contributed by atoms with van der Waals surface area (Å²) in [6, 6.07) is 7.08. The molecule has 0 bridgehead atoms. The van der Waals surface area contributed by atoms with E-state index in [1.54, 1.807) is 0 Å². The van der Waals surface area contributed by atoms with Gasteiger partial charge in [-0.15, -0.1) is 0 Å². The molecule has 2 aromatic rings. The molecule has 1 saturated carbocycles. The molecule has 20 heavy (non-hydrogen) atoms. The molecular formula is C17H24N2S. The van der Waals surface area contributed by atoms with Gasteiger partial charge in [0.1, 0.15) is 0 Å². The average molecular weight is 288 g/mol. The lowest BCUT2D eigenvalue weighted by molar-refractivity contribution is 0.264. The van der Waals surface area contributed by atoms with E-state index in [4.69, 9.17) is 12.2 Å². The van der Waals surface area contributed by atoms with Crippen molar-refractivity contribution in [2.75, 3.05) is 0 Å². The molecule has 1 heterocycles. The molecule has 0 amide bonds. The molecule has 0 spiro atoms. The molecule has 1 N–H and O–H groups in total. The van der Waals surface area contributed by atoms with Gasteiger partial charge in [0.15, 0.2) is 4.77 Å². The first-order valence-corrected chi connectivity index (χ1v) is 8.31. The Labute approximate surface area is 126 Å². The van der Waals surface area contributed by atoms with E-state index in [0.717, 1.165) is 10.7 Å². The molecule has 1 aliphatic carbocycles. The van der Waals surface area contributed by atoms with Gasteiger partial charge in [-0.25, -0.2) is 0 Å². The highest BCUT2D eigenvalue weighted by Gasteiger charge is 2.23. The Kier molecular flexibility index (Phi) is 3.97. The number of imidazole rings is 1. The zero-order valence-corrected chi connectivity index (χ0v) is 13.3. The number of nitrogens with zero attached hydrogens (tertiary/aromatic N) is 1. The van der Waals surface area contributed by atoms with Crippen molar-refractivity contribution in [1.82, 2.24) is 9.55 Å². The van der Waals surface area contributed by atoms with Crippen LogP contribution < -0.4 is 0 Å². The summed E-state index contributed by atoms with van der Waals surface area (Å²) in [5.74, 6) is 0.942. The van der Waals surface area contributed by atoms with Crippen molar-refractivity contribution < 1.29 is 0 Å². The molecule has 3 rings (SSSR count). The number of aromatic amines is 1. The van der Waals surface area contributed by atoms with Crippen LogP contribution in [0.5, 0.6) is 0 Å². The zero-order valence-electron chi connectivity index (χ0n) is 12.5. The maximum atomic E-state index is 5.58. The predicted octanol–water partition coefficient (Wildman–Crippen LogP) is 5.54. The first-order chi connectivity index (χ1) is 9.70. The molecule has 0 unspecified atom stereocenters. The van der Waals surface area contributed by atoms with Crippen molar-refractivity contribution in [3.63, 3.8) is 0 Å². The van der Waals surface area contributed by atoms with Gasteiger partial charge < -0.3 is 9.55 Å². The minimum absolute atomic E-state index is 0.589. The fraction of sp³-hybridized carbons (Fsp3) is 0.588. The third-order valence-corrected chi connectivity index (χ3v) is 5.14. The SMILES string of the molecule is CCCC1CCC(n2c(=S)[nH]c3c(C)cccc32)CC1. The lowest BCUT2D eigenvalue weighted by Gasteiger charge is -2.29. The number of H-pyrrole nitrogens is 1. The van der Waals surface area contributed by atoms with E-state index in [2.05, 4.69) is 41.6 Å². The van der Waals surface area contributed by atoms with Crippen LogP contribution in [0.25, 0.3) is 11.0 Å². The van der Waals surface area contributed by atoms with Crippen LogP contribution >= 0.6 is 12.2 Å². The molecular weight excluding hydrogens is 264 g/mol. The Hall–Kier alpha value is -1.09. The Balaban J connectivity index is 1.90. The van der Waals surface area contributed by atoms with Crippen LogP contribution in [0, 0.1) is 17.6 Å². The van der Waals surface area contributed by atoms with E-state index >= 15 is 0 Å².